The van der Waals surface area contributed by atoms with Crippen molar-refractivity contribution < 1.29 is 13.9 Å². The van der Waals surface area contributed by atoms with Crippen molar-refractivity contribution in [2.24, 2.45) is 0 Å². The molecule has 0 unspecified atom stereocenters. The summed E-state index contributed by atoms with van der Waals surface area (Å²) in [6, 6.07) is 15.5. The lowest BCUT2D eigenvalue weighted by atomic mass is 10.1. The Hall–Kier alpha value is -3.13. The average Bonchev–Trinajstić information content (AvgIpc) is 3.20. The second kappa shape index (κ2) is 8.30. The molecular formula is C21H19FN2O2. The summed E-state index contributed by atoms with van der Waals surface area (Å²) in [5, 5.41) is 9.33. The van der Waals surface area contributed by atoms with Crippen LogP contribution in [0.15, 0.2) is 54.1 Å². The summed E-state index contributed by atoms with van der Waals surface area (Å²) in [5.74, 6) is 0.00196. The van der Waals surface area contributed by atoms with Crippen molar-refractivity contribution in [2.75, 3.05) is 13.1 Å². The molecule has 0 aromatic heterocycles. The first kappa shape index (κ1) is 17.7. The number of rotatable bonds is 5. The molecule has 0 aliphatic carbocycles. The van der Waals surface area contributed by atoms with Gasteiger partial charge in [-0.25, -0.2) is 4.39 Å². The molecule has 0 spiro atoms. The lowest BCUT2D eigenvalue weighted by Gasteiger charge is -2.14. The van der Waals surface area contributed by atoms with Gasteiger partial charge in [0.15, 0.2) is 0 Å². The van der Waals surface area contributed by atoms with E-state index in [-0.39, 0.29) is 23.9 Å². The zero-order valence-electron chi connectivity index (χ0n) is 14.3. The van der Waals surface area contributed by atoms with Crippen molar-refractivity contribution in [3.05, 3.63) is 71.0 Å². The van der Waals surface area contributed by atoms with Crippen molar-refractivity contribution >= 4 is 12.0 Å². The molecule has 0 radical (unpaired) electrons. The number of halogens is 1. The lowest BCUT2D eigenvalue weighted by molar-refractivity contribution is -0.125. The summed E-state index contributed by atoms with van der Waals surface area (Å²) in [4.78, 5) is 14.1. The van der Waals surface area contributed by atoms with E-state index in [0.29, 0.717) is 30.0 Å². The van der Waals surface area contributed by atoms with Crippen LogP contribution >= 0.6 is 0 Å². The highest BCUT2D eigenvalue weighted by molar-refractivity contribution is 6.01. The molecule has 0 saturated carbocycles. The number of nitriles is 1. The Morgan fingerprint density at radius 2 is 1.96 bits per heavy atom. The number of ether oxygens (including phenoxy) is 1. The highest BCUT2D eigenvalue weighted by atomic mass is 19.1. The van der Waals surface area contributed by atoms with Crippen LogP contribution in [0.2, 0.25) is 0 Å². The van der Waals surface area contributed by atoms with Gasteiger partial charge in [0.1, 0.15) is 29.8 Å². The van der Waals surface area contributed by atoms with Crippen LogP contribution < -0.4 is 4.74 Å². The Morgan fingerprint density at radius 3 is 2.69 bits per heavy atom. The molecule has 1 aliphatic rings. The molecule has 4 nitrogen and oxygen atoms in total. The zero-order valence-corrected chi connectivity index (χ0v) is 14.3. The minimum Gasteiger partial charge on any atom is -0.489 e. The van der Waals surface area contributed by atoms with Gasteiger partial charge < -0.3 is 9.64 Å². The molecule has 1 heterocycles. The number of benzene rings is 2. The van der Waals surface area contributed by atoms with Crippen molar-refractivity contribution in [2.45, 2.75) is 19.4 Å². The molecule has 2 aromatic rings. The van der Waals surface area contributed by atoms with Crippen molar-refractivity contribution in [3.8, 4) is 11.8 Å². The minimum absolute atomic E-state index is 0.109. The second-order valence-electron chi connectivity index (χ2n) is 6.12. The third-order valence-electron chi connectivity index (χ3n) is 4.27. The van der Waals surface area contributed by atoms with Crippen LogP contribution in [0.4, 0.5) is 4.39 Å². The predicted molar refractivity (Wildman–Crippen MR) is 96.6 cm³/mol. The number of carbonyl (C=O) groups excluding carboxylic acids is 1. The molecule has 2 aromatic carbocycles. The summed E-state index contributed by atoms with van der Waals surface area (Å²) in [6.07, 6.45) is 3.52. The van der Waals surface area contributed by atoms with Crippen LogP contribution in [0.3, 0.4) is 0 Å². The number of hydrogen-bond acceptors (Lipinski definition) is 3. The Balaban J connectivity index is 1.72. The molecule has 1 amide bonds. The molecule has 1 aliphatic heterocycles. The van der Waals surface area contributed by atoms with Gasteiger partial charge >= 0.3 is 0 Å². The van der Waals surface area contributed by atoms with Crippen LogP contribution in [-0.4, -0.2) is 23.9 Å². The number of likely N-dealkylation sites (tertiary alicyclic amines) is 1. The van der Waals surface area contributed by atoms with Gasteiger partial charge in [-0.1, -0.05) is 30.3 Å². The van der Waals surface area contributed by atoms with Crippen molar-refractivity contribution in [1.29, 1.82) is 5.26 Å². The van der Waals surface area contributed by atoms with Gasteiger partial charge in [0, 0.05) is 18.7 Å². The largest absolute Gasteiger partial charge is 0.489 e. The molecule has 5 heteroatoms. The van der Waals surface area contributed by atoms with E-state index in [2.05, 4.69) is 0 Å². The first-order valence-electron chi connectivity index (χ1n) is 8.55. The number of hydrogen-bond donors (Lipinski definition) is 0. The Morgan fingerprint density at radius 1 is 1.19 bits per heavy atom. The van der Waals surface area contributed by atoms with E-state index >= 15 is 0 Å². The first-order chi connectivity index (χ1) is 12.7. The number of carbonyl (C=O) groups is 1. The fourth-order valence-corrected chi connectivity index (χ4v) is 2.87. The van der Waals surface area contributed by atoms with Gasteiger partial charge in [-0.3, -0.25) is 4.79 Å². The van der Waals surface area contributed by atoms with Gasteiger partial charge in [0.2, 0.25) is 0 Å². The summed E-state index contributed by atoms with van der Waals surface area (Å²) < 4.78 is 19.3. The van der Waals surface area contributed by atoms with Crippen LogP contribution in [-0.2, 0) is 11.4 Å². The summed E-state index contributed by atoms with van der Waals surface area (Å²) in [6.45, 7) is 1.50. The first-order valence-corrected chi connectivity index (χ1v) is 8.55. The fraction of sp³-hybridized carbons (Fsp3) is 0.238. The monoisotopic (exact) mass is 350 g/mol. The van der Waals surface area contributed by atoms with Crippen LogP contribution in [0, 0.1) is 17.1 Å². The fourth-order valence-electron chi connectivity index (χ4n) is 2.87. The second-order valence-corrected chi connectivity index (χ2v) is 6.12. The summed E-state index contributed by atoms with van der Waals surface area (Å²) >= 11 is 0. The van der Waals surface area contributed by atoms with E-state index in [0.717, 1.165) is 12.8 Å². The standard InChI is InChI=1S/C21H19FN2O2/c22-20-9-2-1-7-17(20)15-26-19-8-5-6-16(13-19)12-18(14-23)21(25)24-10-3-4-11-24/h1-2,5-9,12-13H,3-4,10-11,15H2/b18-12+. The number of nitrogens with zero attached hydrogens (tertiary/aromatic N) is 2. The smallest absolute Gasteiger partial charge is 0.264 e. The maximum atomic E-state index is 13.7. The Bertz CT molecular complexity index is 864. The topological polar surface area (TPSA) is 53.3 Å². The van der Waals surface area contributed by atoms with Gasteiger partial charge in [-0.2, -0.15) is 5.26 Å². The van der Waals surface area contributed by atoms with E-state index in [1.807, 2.05) is 6.07 Å². The van der Waals surface area contributed by atoms with Crippen LogP contribution in [0.5, 0.6) is 5.75 Å². The molecular weight excluding hydrogens is 331 g/mol. The molecule has 0 atom stereocenters. The normalized spacial score (nSPS) is 14.2. The molecule has 3 rings (SSSR count). The molecule has 1 saturated heterocycles. The number of amides is 1. The summed E-state index contributed by atoms with van der Waals surface area (Å²) in [5.41, 5.74) is 1.27. The molecule has 1 fully saturated rings. The maximum absolute atomic E-state index is 13.7. The Labute approximate surface area is 152 Å². The highest BCUT2D eigenvalue weighted by Gasteiger charge is 2.21. The maximum Gasteiger partial charge on any atom is 0.264 e. The third-order valence-corrected chi connectivity index (χ3v) is 4.27. The summed E-state index contributed by atoms with van der Waals surface area (Å²) in [7, 11) is 0. The van der Waals surface area contributed by atoms with Crippen LogP contribution in [0.1, 0.15) is 24.0 Å². The van der Waals surface area contributed by atoms with Crippen molar-refractivity contribution in [1.82, 2.24) is 4.90 Å². The molecule has 132 valence electrons. The SMILES string of the molecule is N#C/C(=C\c1cccc(OCc2ccccc2F)c1)C(=O)N1CCCC1. The quantitative estimate of drug-likeness (QED) is 0.606. The van der Waals surface area contributed by atoms with Crippen LogP contribution in [0.25, 0.3) is 6.08 Å². The molecule has 26 heavy (non-hydrogen) atoms. The van der Waals surface area contributed by atoms with Gasteiger partial charge in [0.05, 0.1) is 0 Å². The average molecular weight is 350 g/mol. The zero-order chi connectivity index (χ0) is 18.4. The minimum atomic E-state index is -0.313. The van der Waals surface area contributed by atoms with Gasteiger partial charge in [0.25, 0.3) is 5.91 Å². The van der Waals surface area contributed by atoms with E-state index in [4.69, 9.17) is 4.74 Å². The van der Waals surface area contributed by atoms with Gasteiger partial charge in [-0.15, -0.1) is 0 Å². The van der Waals surface area contributed by atoms with E-state index in [9.17, 15) is 14.4 Å². The lowest BCUT2D eigenvalue weighted by Crippen LogP contribution is -2.28. The van der Waals surface area contributed by atoms with E-state index in [1.165, 1.54) is 6.07 Å². The molecule has 0 bridgehead atoms. The van der Waals surface area contributed by atoms with Gasteiger partial charge in [-0.05, 0) is 42.7 Å². The molecule has 0 N–H and O–H groups in total. The van der Waals surface area contributed by atoms with E-state index < -0.39 is 0 Å². The third kappa shape index (κ3) is 4.28. The van der Waals surface area contributed by atoms with E-state index in [1.54, 1.807) is 53.4 Å². The highest BCUT2D eigenvalue weighted by Crippen LogP contribution is 2.19. The Kier molecular flexibility index (Phi) is 5.65. The van der Waals surface area contributed by atoms with Crippen molar-refractivity contribution in [3.63, 3.8) is 0 Å². The predicted octanol–water partition coefficient (Wildman–Crippen LogP) is 3.93.